The lowest BCUT2D eigenvalue weighted by Crippen LogP contribution is -2.59. The molecule has 3 aliphatic rings. The van der Waals surface area contributed by atoms with E-state index >= 15 is 0 Å². The van der Waals surface area contributed by atoms with Crippen molar-refractivity contribution >= 4 is 11.7 Å². The van der Waals surface area contributed by atoms with E-state index in [0.717, 1.165) is 0 Å². The van der Waals surface area contributed by atoms with Crippen LogP contribution in [0.25, 0.3) is 0 Å². The predicted octanol–water partition coefficient (Wildman–Crippen LogP) is 1.51. The first-order chi connectivity index (χ1) is 25.2. The molecule has 2 N–H and O–H groups in total. The Balaban J connectivity index is 0.781. The van der Waals surface area contributed by atoms with E-state index in [-0.39, 0.29) is 42.7 Å². The quantitative estimate of drug-likeness (QED) is 0.105. The molecule has 1 aromatic heterocycles. The average molecular weight is 734 g/mol. The summed E-state index contributed by atoms with van der Waals surface area (Å²) in [4.78, 5) is 24.1. The van der Waals surface area contributed by atoms with Gasteiger partial charge in [-0.25, -0.2) is 4.68 Å². The van der Waals surface area contributed by atoms with Gasteiger partial charge < -0.3 is 53.3 Å². The van der Waals surface area contributed by atoms with Crippen molar-refractivity contribution in [1.82, 2.24) is 25.6 Å². The minimum Gasteiger partial charge on any atom is -0.377 e. The summed E-state index contributed by atoms with van der Waals surface area (Å²) in [5.41, 5.74) is 0.709. The highest BCUT2D eigenvalue weighted by Crippen LogP contribution is 2.48. The highest BCUT2D eigenvalue weighted by Gasteiger charge is 2.64. The standard InChI is InChI=1S/C36H55N5O11/c1-27-32-33(51-35(2,3)50-32)36(26-49-34(27)52-36)25-48-21-20-46-19-18-45-17-16-44-15-13-41-23-29(39-40-41)24-47-14-12-38-31(43)10-7-11-37-22-30(42)28-8-5-4-6-9-28/h4-6,8-9,23,27,32-34,37H,7,10-22,24-26H2,1-3H3,(H,38,43)/t27-,32+,33+,34-,36-/m0/s1. The third kappa shape index (κ3) is 12.3. The largest absolute Gasteiger partial charge is 0.377 e. The van der Waals surface area contributed by atoms with E-state index in [2.05, 4.69) is 27.9 Å². The van der Waals surface area contributed by atoms with E-state index in [1.807, 2.05) is 38.2 Å². The molecule has 52 heavy (non-hydrogen) atoms. The third-order valence-electron chi connectivity index (χ3n) is 8.91. The van der Waals surface area contributed by atoms with E-state index in [9.17, 15) is 9.59 Å². The van der Waals surface area contributed by atoms with Crippen molar-refractivity contribution in [3.63, 3.8) is 0 Å². The van der Waals surface area contributed by atoms with Crippen LogP contribution in [-0.2, 0) is 60.6 Å². The first kappa shape index (κ1) is 40.3. The zero-order valence-electron chi connectivity index (χ0n) is 30.6. The number of nitrogens with one attached hydrogen (secondary N) is 2. The van der Waals surface area contributed by atoms with Crippen LogP contribution in [0.4, 0.5) is 0 Å². The summed E-state index contributed by atoms with van der Waals surface area (Å²) in [5, 5.41) is 14.1. The highest BCUT2D eigenvalue weighted by atomic mass is 16.8. The van der Waals surface area contributed by atoms with Crippen molar-refractivity contribution < 1.29 is 52.2 Å². The fraction of sp³-hybridized carbons (Fsp3) is 0.722. The number of carbonyl (C=O) groups is 2. The minimum absolute atomic E-state index is 0.0344. The topological polar surface area (TPSA) is 172 Å². The number of amides is 1. The van der Waals surface area contributed by atoms with Crippen LogP contribution in [0.2, 0.25) is 0 Å². The second-order valence-electron chi connectivity index (χ2n) is 13.6. The van der Waals surface area contributed by atoms with Crippen LogP contribution in [0, 0.1) is 5.92 Å². The Bertz CT molecular complexity index is 1370. The van der Waals surface area contributed by atoms with E-state index < -0.39 is 11.4 Å². The van der Waals surface area contributed by atoms with Crippen molar-refractivity contribution in [3.8, 4) is 0 Å². The first-order valence-corrected chi connectivity index (χ1v) is 18.2. The normalized spacial score (nSPS) is 24.6. The zero-order valence-corrected chi connectivity index (χ0v) is 30.6. The fourth-order valence-electron chi connectivity index (χ4n) is 6.23. The van der Waals surface area contributed by atoms with Gasteiger partial charge in [0.2, 0.25) is 5.91 Å². The number of fused-ring (bicyclic) bond motifs is 4. The van der Waals surface area contributed by atoms with Gasteiger partial charge in [0, 0.05) is 24.4 Å². The van der Waals surface area contributed by atoms with Crippen LogP contribution in [0.15, 0.2) is 36.5 Å². The summed E-state index contributed by atoms with van der Waals surface area (Å²) in [5.74, 6) is -0.590. The van der Waals surface area contributed by atoms with Crippen molar-refractivity contribution in [3.05, 3.63) is 47.8 Å². The molecular weight excluding hydrogens is 678 g/mol. The maximum atomic E-state index is 12.1. The fourth-order valence-corrected chi connectivity index (χ4v) is 6.23. The Morgan fingerprint density at radius 2 is 1.63 bits per heavy atom. The lowest BCUT2D eigenvalue weighted by atomic mass is 9.86. The van der Waals surface area contributed by atoms with Gasteiger partial charge in [0.15, 0.2) is 17.9 Å². The molecule has 0 saturated carbocycles. The molecule has 1 amide bonds. The molecule has 3 aliphatic heterocycles. The van der Waals surface area contributed by atoms with E-state index in [0.29, 0.717) is 116 Å². The molecule has 16 nitrogen and oxygen atoms in total. The van der Waals surface area contributed by atoms with Crippen LogP contribution in [0.3, 0.4) is 0 Å². The molecule has 5 atom stereocenters. The van der Waals surface area contributed by atoms with Crippen LogP contribution < -0.4 is 10.6 Å². The van der Waals surface area contributed by atoms with Gasteiger partial charge in [0.05, 0.1) is 98.1 Å². The summed E-state index contributed by atoms with van der Waals surface area (Å²) in [6.07, 6.45) is 2.19. The van der Waals surface area contributed by atoms with Crippen molar-refractivity contribution in [2.45, 2.75) is 76.7 Å². The Kier molecular flexibility index (Phi) is 15.9. The van der Waals surface area contributed by atoms with Gasteiger partial charge in [-0.2, -0.15) is 0 Å². The van der Waals surface area contributed by atoms with Gasteiger partial charge in [0.1, 0.15) is 17.4 Å². The molecule has 1 aromatic carbocycles. The van der Waals surface area contributed by atoms with Crippen molar-refractivity contribution in [1.29, 1.82) is 0 Å². The number of ether oxygens (including phenoxy) is 9. The SMILES string of the molecule is C[C@@H]1[C@H]2OC[C@](COCCOCCOCCOCCn3cc(COCCNC(=O)CCCNCC(=O)c4ccccc4)nn3)(O2)[C@@H]2OC(C)(C)O[C@H]12. The Morgan fingerprint density at radius 1 is 0.904 bits per heavy atom. The summed E-state index contributed by atoms with van der Waals surface area (Å²) in [7, 11) is 0. The number of aromatic nitrogens is 3. The monoisotopic (exact) mass is 733 g/mol. The summed E-state index contributed by atoms with van der Waals surface area (Å²) in [6, 6.07) is 9.14. The van der Waals surface area contributed by atoms with Gasteiger partial charge in [-0.05, 0) is 26.8 Å². The Labute approximate surface area is 305 Å². The lowest BCUT2D eigenvalue weighted by molar-refractivity contribution is -0.222. The highest BCUT2D eigenvalue weighted by molar-refractivity contribution is 5.97. The van der Waals surface area contributed by atoms with Crippen molar-refractivity contribution in [2.24, 2.45) is 5.92 Å². The summed E-state index contributed by atoms with van der Waals surface area (Å²) >= 11 is 0. The molecular formula is C36H55N5O11. The van der Waals surface area contributed by atoms with Crippen LogP contribution in [-0.4, -0.2) is 142 Å². The predicted molar refractivity (Wildman–Crippen MR) is 185 cm³/mol. The molecule has 0 aliphatic carbocycles. The number of carbonyl (C=O) groups excluding carboxylic acids is 2. The van der Waals surface area contributed by atoms with E-state index in [1.54, 1.807) is 16.8 Å². The molecule has 0 spiro atoms. The molecule has 3 fully saturated rings. The van der Waals surface area contributed by atoms with Gasteiger partial charge in [-0.3, -0.25) is 9.59 Å². The smallest absolute Gasteiger partial charge is 0.220 e. The zero-order chi connectivity index (χ0) is 36.7. The van der Waals surface area contributed by atoms with E-state index in [1.165, 1.54) is 0 Å². The maximum Gasteiger partial charge on any atom is 0.220 e. The molecule has 0 radical (unpaired) electrons. The number of hydrogen-bond donors (Lipinski definition) is 2. The van der Waals surface area contributed by atoms with Gasteiger partial charge >= 0.3 is 0 Å². The number of rotatable bonds is 26. The number of Topliss-reactive ketones (excluding diaryl/α,β-unsaturated/α-hetero) is 1. The minimum atomic E-state index is -0.667. The Morgan fingerprint density at radius 3 is 2.40 bits per heavy atom. The van der Waals surface area contributed by atoms with Gasteiger partial charge in [-0.15, -0.1) is 5.10 Å². The van der Waals surface area contributed by atoms with Gasteiger partial charge in [-0.1, -0.05) is 42.5 Å². The molecule has 290 valence electrons. The van der Waals surface area contributed by atoms with E-state index in [4.69, 9.17) is 42.6 Å². The number of benzene rings is 1. The molecule has 5 rings (SSSR count). The number of ketones is 1. The second-order valence-corrected chi connectivity index (χ2v) is 13.6. The lowest BCUT2D eigenvalue weighted by Gasteiger charge is -2.41. The van der Waals surface area contributed by atoms with Crippen LogP contribution in [0.5, 0.6) is 0 Å². The maximum absolute atomic E-state index is 12.1. The molecule has 0 unspecified atom stereocenters. The first-order valence-electron chi connectivity index (χ1n) is 18.2. The molecule has 3 saturated heterocycles. The van der Waals surface area contributed by atoms with Gasteiger partial charge in [0.25, 0.3) is 0 Å². The van der Waals surface area contributed by atoms with Crippen molar-refractivity contribution in [2.75, 3.05) is 85.7 Å². The number of hydrogen-bond acceptors (Lipinski definition) is 14. The molecule has 2 aromatic rings. The Hall–Kier alpha value is -2.90. The molecule has 2 bridgehead atoms. The molecule has 4 heterocycles. The molecule has 16 heteroatoms. The second kappa shape index (κ2) is 20.5. The van der Waals surface area contributed by atoms with Crippen LogP contribution >= 0.6 is 0 Å². The number of nitrogens with zero attached hydrogens (tertiary/aromatic N) is 3. The summed E-state index contributed by atoms with van der Waals surface area (Å²) < 4.78 is 54.5. The average Bonchev–Trinajstić information content (AvgIpc) is 3.86. The summed E-state index contributed by atoms with van der Waals surface area (Å²) in [6.45, 7) is 12.3. The van der Waals surface area contributed by atoms with Crippen LogP contribution in [0.1, 0.15) is 49.7 Å². The third-order valence-corrected chi connectivity index (χ3v) is 8.91.